The van der Waals surface area contributed by atoms with Gasteiger partial charge in [0.15, 0.2) is 0 Å². The maximum Gasteiger partial charge on any atom is 0.228 e. The van der Waals surface area contributed by atoms with Crippen LogP contribution in [0.2, 0.25) is 0 Å². The van der Waals surface area contributed by atoms with Crippen molar-refractivity contribution in [1.82, 2.24) is 5.32 Å². The van der Waals surface area contributed by atoms with Gasteiger partial charge in [0.2, 0.25) is 17.5 Å². The van der Waals surface area contributed by atoms with Crippen molar-refractivity contribution in [2.24, 2.45) is 0 Å². The average Bonchev–Trinajstić information content (AvgIpc) is 2.26. The first-order chi connectivity index (χ1) is 8.40. The molecule has 0 fully saturated rings. The minimum atomic E-state index is -0.643. The zero-order valence-electron chi connectivity index (χ0n) is 11.7. The standard InChI is InChI=1S/C14H23NO3/c1-5-7-11(6-2)8-12(16)13(17)9-14(18)15-10(3)4/h8,10H,5-7,9H2,1-4H3,(H,15,18)/b11-8+. The number of amides is 1. The summed E-state index contributed by atoms with van der Waals surface area (Å²) in [5.41, 5.74) is 0.958. The second-order valence-electron chi connectivity index (χ2n) is 4.59. The second kappa shape index (κ2) is 8.61. The molecule has 0 aromatic carbocycles. The Morgan fingerprint density at radius 1 is 1.17 bits per heavy atom. The van der Waals surface area contributed by atoms with Crippen molar-refractivity contribution in [2.75, 3.05) is 0 Å². The van der Waals surface area contributed by atoms with Crippen molar-refractivity contribution in [3.8, 4) is 0 Å². The molecule has 0 spiro atoms. The van der Waals surface area contributed by atoms with Crippen molar-refractivity contribution in [2.45, 2.75) is 59.4 Å². The fourth-order valence-corrected chi connectivity index (χ4v) is 1.54. The molecule has 4 nitrogen and oxygen atoms in total. The number of Topliss-reactive ketones (excluding diaryl/α,β-unsaturated/α-hetero) is 1. The van der Waals surface area contributed by atoms with E-state index in [0.717, 1.165) is 24.8 Å². The Kier molecular flexibility index (Phi) is 7.92. The van der Waals surface area contributed by atoms with E-state index >= 15 is 0 Å². The molecule has 4 heteroatoms. The highest BCUT2D eigenvalue weighted by atomic mass is 16.2. The summed E-state index contributed by atoms with van der Waals surface area (Å²) in [6, 6.07) is -0.0257. The lowest BCUT2D eigenvalue weighted by atomic mass is 10.0. The quantitative estimate of drug-likeness (QED) is 0.409. The van der Waals surface area contributed by atoms with Gasteiger partial charge in [-0.25, -0.2) is 0 Å². The number of nitrogens with one attached hydrogen (secondary N) is 1. The molecule has 0 saturated heterocycles. The highest BCUT2D eigenvalue weighted by molar-refractivity contribution is 6.44. The van der Waals surface area contributed by atoms with Crippen LogP contribution in [0.25, 0.3) is 0 Å². The average molecular weight is 253 g/mol. The molecule has 0 aromatic rings. The van der Waals surface area contributed by atoms with Crippen LogP contribution in [-0.2, 0) is 14.4 Å². The summed E-state index contributed by atoms with van der Waals surface area (Å²) in [6.07, 6.45) is 3.53. The topological polar surface area (TPSA) is 63.2 Å². The molecule has 0 aliphatic rings. The van der Waals surface area contributed by atoms with Crippen molar-refractivity contribution in [3.05, 3.63) is 11.6 Å². The van der Waals surface area contributed by atoms with E-state index in [1.807, 2.05) is 13.8 Å². The van der Waals surface area contributed by atoms with Gasteiger partial charge in [0.1, 0.15) is 0 Å². The first kappa shape index (κ1) is 16.6. The second-order valence-corrected chi connectivity index (χ2v) is 4.59. The van der Waals surface area contributed by atoms with Gasteiger partial charge in [0, 0.05) is 6.04 Å². The predicted octanol–water partition coefficient (Wildman–Crippen LogP) is 2.18. The highest BCUT2D eigenvalue weighted by Crippen LogP contribution is 2.09. The Morgan fingerprint density at radius 3 is 2.22 bits per heavy atom. The van der Waals surface area contributed by atoms with Crippen LogP contribution in [0.5, 0.6) is 0 Å². The van der Waals surface area contributed by atoms with Crippen molar-refractivity contribution >= 4 is 17.5 Å². The van der Waals surface area contributed by atoms with E-state index in [0.29, 0.717) is 0 Å². The minimum Gasteiger partial charge on any atom is -0.354 e. The van der Waals surface area contributed by atoms with Crippen molar-refractivity contribution in [3.63, 3.8) is 0 Å². The van der Waals surface area contributed by atoms with Crippen LogP contribution in [-0.4, -0.2) is 23.5 Å². The van der Waals surface area contributed by atoms with Crippen LogP contribution < -0.4 is 5.32 Å². The summed E-state index contributed by atoms with van der Waals surface area (Å²) < 4.78 is 0. The summed E-state index contributed by atoms with van der Waals surface area (Å²) in [7, 11) is 0. The van der Waals surface area contributed by atoms with Gasteiger partial charge in [-0.1, -0.05) is 25.8 Å². The number of carbonyl (C=O) groups excluding carboxylic acids is 3. The summed E-state index contributed by atoms with van der Waals surface area (Å²) in [5, 5.41) is 2.59. The summed E-state index contributed by atoms with van der Waals surface area (Å²) >= 11 is 0. The summed E-state index contributed by atoms with van der Waals surface area (Å²) in [4.78, 5) is 34.5. The Labute approximate surface area is 109 Å². The molecule has 0 aliphatic carbocycles. The molecular formula is C14H23NO3. The fourth-order valence-electron chi connectivity index (χ4n) is 1.54. The molecule has 102 valence electrons. The third-order valence-electron chi connectivity index (χ3n) is 2.41. The molecule has 1 amide bonds. The lowest BCUT2D eigenvalue weighted by Gasteiger charge is -2.06. The first-order valence-corrected chi connectivity index (χ1v) is 6.46. The largest absolute Gasteiger partial charge is 0.354 e. The molecule has 0 radical (unpaired) electrons. The Bertz CT molecular complexity index is 343. The molecule has 0 aliphatic heterocycles. The van der Waals surface area contributed by atoms with Gasteiger partial charge in [-0.15, -0.1) is 0 Å². The fraction of sp³-hybridized carbons (Fsp3) is 0.643. The van der Waals surface area contributed by atoms with E-state index < -0.39 is 17.5 Å². The summed E-state index contributed by atoms with van der Waals surface area (Å²) in [6.45, 7) is 7.58. The van der Waals surface area contributed by atoms with Gasteiger partial charge in [0.25, 0.3) is 0 Å². The predicted molar refractivity (Wildman–Crippen MR) is 71.2 cm³/mol. The van der Waals surface area contributed by atoms with Crippen LogP contribution in [0.3, 0.4) is 0 Å². The van der Waals surface area contributed by atoms with Crippen LogP contribution in [0.15, 0.2) is 11.6 Å². The molecule has 1 N–H and O–H groups in total. The monoisotopic (exact) mass is 253 g/mol. The molecule has 0 atom stereocenters. The molecule has 0 bridgehead atoms. The van der Waals surface area contributed by atoms with E-state index in [1.165, 1.54) is 6.08 Å². The van der Waals surface area contributed by atoms with Crippen molar-refractivity contribution < 1.29 is 14.4 Å². The van der Waals surface area contributed by atoms with E-state index in [1.54, 1.807) is 13.8 Å². The zero-order valence-corrected chi connectivity index (χ0v) is 11.7. The van der Waals surface area contributed by atoms with Crippen molar-refractivity contribution in [1.29, 1.82) is 0 Å². The third kappa shape index (κ3) is 6.99. The van der Waals surface area contributed by atoms with Gasteiger partial charge >= 0.3 is 0 Å². The van der Waals surface area contributed by atoms with E-state index in [9.17, 15) is 14.4 Å². The molecular weight excluding hydrogens is 230 g/mol. The third-order valence-corrected chi connectivity index (χ3v) is 2.41. The van der Waals surface area contributed by atoms with Crippen LogP contribution in [0.4, 0.5) is 0 Å². The maximum absolute atomic E-state index is 11.6. The van der Waals surface area contributed by atoms with Gasteiger partial charge in [-0.2, -0.15) is 0 Å². The summed E-state index contributed by atoms with van der Waals surface area (Å²) in [5.74, 6) is -1.61. The van der Waals surface area contributed by atoms with Crippen LogP contribution >= 0.6 is 0 Å². The molecule has 0 heterocycles. The molecule has 18 heavy (non-hydrogen) atoms. The lowest BCUT2D eigenvalue weighted by molar-refractivity contribution is -0.137. The van der Waals surface area contributed by atoms with Gasteiger partial charge < -0.3 is 5.32 Å². The number of hydrogen-bond acceptors (Lipinski definition) is 3. The number of carbonyl (C=O) groups is 3. The highest BCUT2D eigenvalue weighted by Gasteiger charge is 2.16. The van der Waals surface area contributed by atoms with Crippen LogP contribution in [0, 0.1) is 0 Å². The minimum absolute atomic E-state index is 0.0257. The maximum atomic E-state index is 11.6. The molecule has 0 unspecified atom stereocenters. The number of ketones is 2. The molecule has 0 rings (SSSR count). The van der Waals surface area contributed by atoms with Gasteiger partial charge in [0.05, 0.1) is 6.42 Å². The number of allylic oxidation sites excluding steroid dienone is 2. The SMILES string of the molecule is CCC/C(=C/C(=O)C(=O)CC(=O)NC(C)C)CC. The number of rotatable bonds is 8. The Hall–Kier alpha value is -1.45. The molecule has 0 aromatic heterocycles. The van der Waals surface area contributed by atoms with Crippen LogP contribution in [0.1, 0.15) is 53.4 Å². The van der Waals surface area contributed by atoms with E-state index in [4.69, 9.17) is 0 Å². The van der Waals surface area contributed by atoms with Gasteiger partial charge in [-0.05, 0) is 32.8 Å². The Morgan fingerprint density at radius 2 is 1.78 bits per heavy atom. The van der Waals surface area contributed by atoms with Gasteiger partial charge in [-0.3, -0.25) is 14.4 Å². The lowest BCUT2D eigenvalue weighted by Crippen LogP contribution is -2.33. The van der Waals surface area contributed by atoms with E-state index in [2.05, 4.69) is 5.32 Å². The van der Waals surface area contributed by atoms with E-state index in [-0.39, 0.29) is 12.5 Å². The first-order valence-electron chi connectivity index (χ1n) is 6.46. The number of hydrogen-bond donors (Lipinski definition) is 1. The zero-order chi connectivity index (χ0) is 14.1. The Balaban J connectivity index is 4.42. The normalized spacial score (nSPS) is 11.5. The smallest absolute Gasteiger partial charge is 0.228 e. The molecule has 0 saturated carbocycles.